The Morgan fingerprint density at radius 2 is 1.90 bits per heavy atom. The lowest BCUT2D eigenvalue weighted by molar-refractivity contribution is -0.143. The molecule has 0 spiro atoms. The Bertz CT molecular complexity index is 1510. The van der Waals surface area contributed by atoms with E-state index in [1.165, 1.54) is 6.33 Å². The van der Waals surface area contributed by atoms with Gasteiger partial charge in [-0.15, -0.1) is 0 Å². The van der Waals surface area contributed by atoms with Crippen LogP contribution in [0.4, 0.5) is 5.82 Å². The Morgan fingerprint density at radius 1 is 1.18 bits per heavy atom. The first-order chi connectivity index (χ1) is 19.3. The summed E-state index contributed by atoms with van der Waals surface area (Å²) < 4.78 is 38.3. The first kappa shape index (κ1) is 28.0. The number of para-hydroxylation sites is 1. The maximum absolute atomic E-state index is 13.9. The average Bonchev–Trinajstić information content (AvgIpc) is 3.55. The van der Waals surface area contributed by atoms with Crippen molar-refractivity contribution in [3.63, 3.8) is 0 Å². The van der Waals surface area contributed by atoms with Gasteiger partial charge in [0, 0.05) is 6.42 Å². The Hall–Kier alpha value is -3.58. The summed E-state index contributed by atoms with van der Waals surface area (Å²) in [5.74, 6) is -0.320. The lowest BCUT2D eigenvalue weighted by Crippen LogP contribution is -2.32. The van der Waals surface area contributed by atoms with Crippen LogP contribution in [0.1, 0.15) is 18.2 Å². The van der Waals surface area contributed by atoms with Gasteiger partial charge < -0.3 is 24.8 Å². The second-order valence-electron chi connectivity index (χ2n) is 8.78. The molecule has 1 aliphatic rings. The minimum absolute atomic E-state index is 0.0493. The predicted molar refractivity (Wildman–Crippen MR) is 144 cm³/mol. The zero-order chi connectivity index (χ0) is 28.1. The molecule has 0 aliphatic carbocycles. The molecule has 2 unspecified atom stereocenters. The van der Waals surface area contributed by atoms with E-state index < -0.39 is 45.3 Å². The highest BCUT2D eigenvalue weighted by atomic mass is 35.5. The number of nitrogens with two attached hydrogens (primary N) is 1. The summed E-state index contributed by atoms with van der Waals surface area (Å²) in [6.07, 6.45) is -0.950. The third-order valence-electron chi connectivity index (χ3n) is 5.99. The van der Waals surface area contributed by atoms with Gasteiger partial charge in [-0.3, -0.25) is 13.9 Å². The van der Waals surface area contributed by atoms with Crippen LogP contribution in [0.5, 0.6) is 5.75 Å². The quantitative estimate of drug-likeness (QED) is 0.133. The number of nitrogens with one attached hydrogen (secondary N) is 1. The van der Waals surface area contributed by atoms with Crippen molar-refractivity contribution in [2.75, 3.05) is 18.9 Å². The molecule has 2 aromatic carbocycles. The molecule has 40 heavy (non-hydrogen) atoms. The van der Waals surface area contributed by atoms with Crippen LogP contribution < -0.4 is 15.3 Å². The van der Waals surface area contributed by atoms with Crippen molar-refractivity contribution in [2.45, 2.75) is 31.5 Å². The van der Waals surface area contributed by atoms with Crippen molar-refractivity contribution in [3.8, 4) is 5.75 Å². The fourth-order valence-electron chi connectivity index (χ4n) is 4.11. The van der Waals surface area contributed by atoms with Gasteiger partial charge in [0.1, 0.15) is 42.9 Å². The van der Waals surface area contributed by atoms with Gasteiger partial charge in [-0.1, -0.05) is 48.5 Å². The number of esters is 1. The molecule has 0 radical (unpaired) electrons. The molecule has 2 aromatic heterocycles. The molecule has 0 bridgehead atoms. The summed E-state index contributed by atoms with van der Waals surface area (Å²) >= 11 is 5.98. The minimum Gasteiger partial charge on any atom is -0.460 e. The monoisotopic (exact) mass is 588 g/mol. The average molecular weight is 589 g/mol. The Morgan fingerprint density at radius 3 is 2.62 bits per heavy atom. The number of hydrogen-bond acceptors (Lipinski definition) is 11. The summed E-state index contributed by atoms with van der Waals surface area (Å²) in [5, 5.41) is 12.5. The molecule has 0 saturated carbocycles. The number of carbonyl (C=O) groups is 1. The number of halogens is 1. The maximum Gasteiger partial charge on any atom is 0.459 e. The number of imidazole rings is 1. The van der Waals surface area contributed by atoms with Crippen LogP contribution in [-0.2, 0) is 30.0 Å². The van der Waals surface area contributed by atoms with E-state index in [1.54, 1.807) is 34.9 Å². The molecule has 15 heteroatoms. The third-order valence-corrected chi connectivity index (χ3v) is 7.71. The molecule has 1 fully saturated rings. The fourth-order valence-corrected chi connectivity index (χ4v) is 5.76. The van der Waals surface area contributed by atoms with Crippen LogP contribution in [-0.4, -0.2) is 56.0 Å². The summed E-state index contributed by atoms with van der Waals surface area (Å²) in [6.45, 7) is -0.859. The van der Waals surface area contributed by atoms with Gasteiger partial charge >= 0.3 is 13.7 Å². The number of nitrogens with zero attached hydrogens (tertiary/aromatic N) is 4. The van der Waals surface area contributed by atoms with Gasteiger partial charge in [0.2, 0.25) is 5.28 Å². The molecule has 1 aliphatic heterocycles. The summed E-state index contributed by atoms with van der Waals surface area (Å²) in [4.78, 5) is 24.7. The number of fused-ring (bicyclic) bond motifs is 1. The predicted octanol–water partition coefficient (Wildman–Crippen LogP) is 3.25. The second kappa shape index (κ2) is 12.3. The smallest absolute Gasteiger partial charge is 0.459 e. The molecule has 4 aromatic rings. The zero-order valence-corrected chi connectivity index (χ0v) is 22.6. The van der Waals surface area contributed by atoms with Crippen LogP contribution in [0.2, 0.25) is 5.28 Å². The molecule has 3 heterocycles. The molecule has 4 N–H and O–H groups in total. The number of hydrogen-bond donors (Lipinski definition) is 3. The number of aliphatic hydroxyl groups excluding tert-OH is 1. The van der Waals surface area contributed by atoms with Crippen molar-refractivity contribution >= 4 is 42.3 Å². The number of benzene rings is 2. The van der Waals surface area contributed by atoms with Crippen molar-refractivity contribution in [3.05, 3.63) is 77.8 Å². The number of rotatable bonds is 11. The molecular formula is C25H26ClN6O7P. The van der Waals surface area contributed by atoms with E-state index in [4.69, 9.17) is 35.9 Å². The Kier molecular flexibility index (Phi) is 8.60. The number of aliphatic hydroxyl groups is 1. The van der Waals surface area contributed by atoms with Gasteiger partial charge in [0.25, 0.3) is 0 Å². The van der Waals surface area contributed by atoms with Gasteiger partial charge in [0.15, 0.2) is 11.5 Å². The lowest BCUT2D eigenvalue weighted by Gasteiger charge is -2.24. The van der Waals surface area contributed by atoms with E-state index in [9.17, 15) is 14.5 Å². The van der Waals surface area contributed by atoms with Crippen LogP contribution in [0.3, 0.4) is 0 Å². The number of nitrogen functional groups attached to an aromatic ring is 1. The van der Waals surface area contributed by atoms with E-state index in [2.05, 4.69) is 20.0 Å². The second-order valence-corrected chi connectivity index (χ2v) is 10.8. The summed E-state index contributed by atoms with van der Waals surface area (Å²) in [7, 11) is -4.19. The SMILES string of the molecule is Nc1nc(Cl)nc2c1ncn2[C@H]1C[C@@H](OP(=O)(NCC(=O)OCc2ccccc2)Oc2ccccc2)C(CO)O1. The number of carbonyl (C=O) groups excluding carboxylic acids is 1. The van der Waals surface area contributed by atoms with E-state index in [0.29, 0.717) is 11.2 Å². The summed E-state index contributed by atoms with van der Waals surface area (Å²) in [5.41, 5.74) is 7.35. The normalized spacial score (nSPS) is 20.3. The maximum atomic E-state index is 13.9. The molecular weight excluding hydrogens is 563 g/mol. The molecule has 4 atom stereocenters. The van der Waals surface area contributed by atoms with E-state index in [-0.39, 0.29) is 29.9 Å². The molecule has 1 saturated heterocycles. The van der Waals surface area contributed by atoms with Gasteiger partial charge in [-0.05, 0) is 29.3 Å². The standard InChI is InChI=1S/C25H26ClN6O7P/c26-25-30-23(27)22-24(31-25)32(15-28-22)20-11-18(19(13-33)37-20)39-40(35,38-17-9-5-2-6-10-17)29-12-21(34)36-14-16-7-3-1-4-8-16/h1-10,15,18-20,33H,11-14H2,(H,29,35)(H2,27,30,31)/t18-,19?,20-,40?/m1/s1. The van der Waals surface area contributed by atoms with E-state index >= 15 is 0 Å². The zero-order valence-electron chi connectivity index (χ0n) is 21.0. The highest BCUT2D eigenvalue weighted by Gasteiger charge is 2.43. The molecule has 210 valence electrons. The van der Waals surface area contributed by atoms with Crippen LogP contribution in [0.25, 0.3) is 11.2 Å². The lowest BCUT2D eigenvalue weighted by atomic mass is 10.2. The van der Waals surface area contributed by atoms with Crippen LogP contribution in [0.15, 0.2) is 67.0 Å². The van der Waals surface area contributed by atoms with Gasteiger partial charge in [-0.2, -0.15) is 9.97 Å². The highest BCUT2D eigenvalue weighted by Crippen LogP contribution is 2.49. The minimum atomic E-state index is -4.19. The third kappa shape index (κ3) is 6.58. The Balaban J connectivity index is 1.31. The molecule has 0 amide bonds. The largest absolute Gasteiger partial charge is 0.460 e. The van der Waals surface area contributed by atoms with Crippen LogP contribution >= 0.6 is 19.3 Å². The van der Waals surface area contributed by atoms with Crippen molar-refractivity contribution < 1.29 is 33.0 Å². The Labute approximate surface area is 233 Å². The van der Waals surface area contributed by atoms with E-state index in [1.807, 2.05) is 30.3 Å². The number of anilines is 1. The van der Waals surface area contributed by atoms with Gasteiger partial charge in [0.05, 0.1) is 12.9 Å². The molecule has 5 rings (SSSR count). The molecule has 13 nitrogen and oxygen atoms in total. The summed E-state index contributed by atoms with van der Waals surface area (Å²) in [6, 6.07) is 17.5. The van der Waals surface area contributed by atoms with Crippen LogP contribution in [0, 0.1) is 0 Å². The number of ether oxygens (including phenoxy) is 2. The highest BCUT2D eigenvalue weighted by molar-refractivity contribution is 7.52. The van der Waals surface area contributed by atoms with Gasteiger partial charge in [-0.25, -0.2) is 14.6 Å². The van der Waals surface area contributed by atoms with Crippen molar-refractivity contribution in [2.24, 2.45) is 0 Å². The first-order valence-electron chi connectivity index (χ1n) is 12.2. The fraction of sp³-hybridized carbons (Fsp3) is 0.280. The van der Waals surface area contributed by atoms with Crippen molar-refractivity contribution in [1.29, 1.82) is 0 Å². The van der Waals surface area contributed by atoms with Crippen molar-refractivity contribution in [1.82, 2.24) is 24.6 Å². The topological polar surface area (TPSA) is 173 Å². The van der Waals surface area contributed by atoms with E-state index in [0.717, 1.165) is 5.56 Å². The first-order valence-corrected chi connectivity index (χ1v) is 14.2. The number of aromatic nitrogens is 4.